The van der Waals surface area contributed by atoms with Crippen molar-refractivity contribution in [2.24, 2.45) is 11.8 Å². The minimum atomic E-state index is -0.225. The average molecular weight is 282 g/mol. The standard InChI is InChI=1S/C17H30O3/c1-6-14(7-2)9-12(4)10-15(8-3)17-16(20-17)11-19-13(5)18/h9,14-17H,6-8,10-11H2,1-5H3/b12-9+/t15-,16-,17-/m1/s1. The first-order valence-corrected chi connectivity index (χ1v) is 7.97. The van der Waals surface area contributed by atoms with Gasteiger partial charge < -0.3 is 9.47 Å². The van der Waals surface area contributed by atoms with E-state index in [1.165, 1.54) is 25.3 Å². The number of esters is 1. The molecule has 0 saturated carbocycles. The predicted octanol–water partition coefficient (Wildman–Crippen LogP) is 4.12. The smallest absolute Gasteiger partial charge is 0.302 e. The predicted molar refractivity (Wildman–Crippen MR) is 81.5 cm³/mol. The molecule has 0 aromatic heterocycles. The molecular formula is C17H30O3. The van der Waals surface area contributed by atoms with Gasteiger partial charge in [0.25, 0.3) is 0 Å². The van der Waals surface area contributed by atoms with Crippen molar-refractivity contribution >= 4 is 5.97 Å². The summed E-state index contributed by atoms with van der Waals surface area (Å²) < 4.78 is 10.7. The molecule has 1 saturated heterocycles. The third-order valence-corrected chi connectivity index (χ3v) is 4.21. The van der Waals surface area contributed by atoms with Crippen molar-refractivity contribution in [3.63, 3.8) is 0 Å². The van der Waals surface area contributed by atoms with E-state index in [2.05, 4.69) is 33.8 Å². The summed E-state index contributed by atoms with van der Waals surface area (Å²) >= 11 is 0. The Morgan fingerprint density at radius 2 is 1.85 bits per heavy atom. The van der Waals surface area contributed by atoms with Crippen molar-refractivity contribution in [1.82, 2.24) is 0 Å². The second kappa shape index (κ2) is 8.46. The first kappa shape index (κ1) is 17.2. The van der Waals surface area contributed by atoms with Crippen LogP contribution in [0.4, 0.5) is 0 Å². The van der Waals surface area contributed by atoms with Gasteiger partial charge >= 0.3 is 5.97 Å². The Balaban J connectivity index is 2.42. The van der Waals surface area contributed by atoms with E-state index in [0.717, 1.165) is 12.8 Å². The van der Waals surface area contributed by atoms with Crippen LogP contribution in [0.1, 0.15) is 60.3 Å². The normalized spacial score (nSPS) is 23.8. The second-order valence-corrected chi connectivity index (χ2v) is 5.90. The van der Waals surface area contributed by atoms with Crippen LogP contribution < -0.4 is 0 Å². The summed E-state index contributed by atoms with van der Waals surface area (Å²) in [5.41, 5.74) is 1.47. The summed E-state index contributed by atoms with van der Waals surface area (Å²) in [6.07, 6.45) is 7.42. The van der Waals surface area contributed by atoms with E-state index in [-0.39, 0.29) is 18.2 Å². The van der Waals surface area contributed by atoms with Crippen LogP contribution >= 0.6 is 0 Å². The second-order valence-electron chi connectivity index (χ2n) is 5.90. The van der Waals surface area contributed by atoms with E-state index < -0.39 is 0 Å². The van der Waals surface area contributed by atoms with E-state index in [1.807, 2.05) is 0 Å². The summed E-state index contributed by atoms with van der Waals surface area (Å²) in [5, 5.41) is 0. The number of rotatable bonds is 9. The van der Waals surface area contributed by atoms with Crippen molar-refractivity contribution in [2.45, 2.75) is 72.5 Å². The molecule has 0 aromatic carbocycles. The SMILES string of the molecule is CCC(/C=C(\C)C[C@@H](CC)[C@H]1O[C@@H]1COC(C)=O)CC. The zero-order valence-corrected chi connectivity index (χ0v) is 13.6. The Morgan fingerprint density at radius 3 is 2.35 bits per heavy atom. The third kappa shape index (κ3) is 5.66. The highest BCUT2D eigenvalue weighted by atomic mass is 16.6. The van der Waals surface area contributed by atoms with Gasteiger partial charge in [0.1, 0.15) is 12.7 Å². The number of ether oxygens (including phenoxy) is 2. The molecule has 0 radical (unpaired) electrons. The monoisotopic (exact) mass is 282 g/mol. The molecule has 0 aliphatic carbocycles. The Labute approximate surface area is 123 Å². The van der Waals surface area contributed by atoms with Crippen LogP contribution in [-0.4, -0.2) is 24.8 Å². The highest BCUT2D eigenvalue weighted by Gasteiger charge is 2.44. The molecule has 20 heavy (non-hydrogen) atoms. The maximum Gasteiger partial charge on any atom is 0.302 e. The first-order chi connectivity index (χ1) is 9.51. The van der Waals surface area contributed by atoms with E-state index in [9.17, 15) is 4.79 Å². The molecule has 3 heteroatoms. The van der Waals surface area contributed by atoms with Gasteiger partial charge in [0, 0.05) is 6.92 Å². The van der Waals surface area contributed by atoms with Gasteiger partial charge in [-0.05, 0) is 38.0 Å². The van der Waals surface area contributed by atoms with Crippen molar-refractivity contribution < 1.29 is 14.3 Å². The third-order valence-electron chi connectivity index (χ3n) is 4.21. The van der Waals surface area contributed by atoms with Crippen molar-refractivity contribution in [3.05, 3.63) is 11.6 Å². The minimum absolute atomic E-state index is 0.116. The van der Waals surface area contributed by atoms with Gasteiger partial charge in [-0.25, -0.2) is 0 Å². The van der Waals surface area contributed by atoms with Crippen molar-refractivity contribution in [3.8, 4) is 0 Å². The highest BCUT2D eigenvalue weighted by Crippen LogP contribution is 2.35. The van der Waals surface area contributed by atoms with Gasteiger partial charge in [0.15, 0.2) is 0 Å². The Bertz CT molecular complexity index is 331. The van der Waals surface area contributed by atoms with Crippen LogP contribution in [0.2, 0.25) is 0 Å². The Hall–Kier alpha value is -0.830. The van der Waals surface area contributed by atoms with Crippen LogP contribution in [0.15, 0.2) is 11.6 Å². The van der Waals surface area contributed by atoms with E-state index in [1.54, 1.807) is 0 Å². The van der Waals surface area contributed by atoms with Gasteiger partial charge in [0.2, 0.25) is 0 Å². The van der Waals surface area contributed by atoms with Crippen LogP contribution in [0, 0.1) is 11.8 Å². The zero-order valence-electron chi connectivity index (χ0n) is 13.6. The summed E-state index contributed by atoms with van der Waals surface area (Å²) in [4.78, 5) is 10.8. The fourth-order valence-corrected chi connectivity index (χ4v) is 2.81. The molecule has 0 aromatic rings. The quantitative estimate of drug-likeness (QED) is 0.363. The van der Waals surface area contributed by atoms with Gasteiger partial charge in [-0.2, -0.15) is 0 Å². The number of carbonyl (C=O) groups excluding carboxylic acids is 1. The maximum absolute atomic E-state index is 10.8. The molecule has 0 amide bonds. The molecule has 1 rings (SSSR count). The van der Waals surface area contributed by atoms with Crippen molar-refractivity contribution in [2.75, 3.05) is 6.61 Å². The minimum Gasteiger partial charge on any atom is -0.463 e. The molecule has 1 aliphatic heterocycles. The van der Waals surface area contributed by atoms with Crippen molar-refractivity contribution in [1.29, 1.82) is 0 Å². The highest BCUT2D eigenvalue weighted by molar-refractivity contribution is 5.65. The first-order valence-electron chi connectivity index (χ1n) is 7.97. The number of carbonyl (C=O) groups is 1. The lowest BCUT2D eigenvalue weighted by molar-refractivity contribution is -0.141. The molecule has 116 valence electrons. The Kier molecular flexibility index (Phi) is 7.28. The molecule has 1 fully saturated rings. The molecule has 1 heterocycles. The lowest BCUT2D eigenvalue weighted by Gasteiger charge is -2.15. The van der Waals surface area contributed by atoms with Gasteiger partial charge in [-0.1, -0.05) is 38.8 Å². The zero-order chi connectivity index (χ0) is 15.1. The topological polar surface area (TPSA) is 38.8 Å². The maximum atomic E-state index is 10.8. The molecule has 3 atom stereocenters. The molecule has 0 unspecified atom stereocenters. The van der Waals surface area contributed by atoms with E-state index in [0.29, 0.717) is 18.4 Å². The summed E-state index contributed by atoms with van der Waals surface area (Å²) in [7, 11) is 0. The number of epoxide rings is 1. The molecule has 0 bridgehead atoms. The largest absolute Gasteiger partial charge is 0.463 e. The molecule has 0 spiro atoms. The van der Waals surface area contributed by atoms with Crippen LogP contribution in [0.3, 0.4) is 0 Å². The lowest BCUT2D eigenvalue weighted by atomic mass is 9.90. The van der Waals surface area contributed by atoms with Gasteiger partial charge in [-0.3, -0.25) is 4.79 Å². The average Bonchev–Trinajstić information content (AvgIpc) is 3.19. The Morgan fingerprint density at radius 1 is 1.20 bits per heavy atom. The van der Waals surface area contributed by atoms with E-state index >= 15 is 0 Å². The molecule has 0 N–H and O–H groups in total. The van der Waals surface area contributed by atoms with E-state index in [4.69, 9.17) is 9.47 Å². The van der Waals surface area contributed by atoms with Crippen LogP contribution in [-0.2, 0) is 14.3 Å². The molecule has 1 aliphatic rings. The number of hydrogen-bond donors (Lipinski definition) is 0. The summed E-state index contributed by atoms with van der Waals surface area (Å²) in [6.45, 7) is 10.8. The number of hydrogen-bond acceptors (Lipinski definition) is 3. The summed E-state index contributed by atoms with van der Waals surface area (Å²) in [5.74, 6) is 1.02. The van der Waals surface area contributed by atoms with Crippen LogP contribution in [0.5, 0.6) is 0 Å². The molecular weight excluding hydrogens is 252 g/mol. The fraction of sp³-hybridized carbons (Fsp3) is 0.824. The summed E-state index contributed by atoms with van der Waals surface area (Å²) in [6, 6.07) is 0. The van der Waals surface area contributed by atoms with Crippen LogP contribution in [0.25, 0.3) is 0 Å². The van der Waals surface area contributed by atoms with Gasteiger partial charge in [0.05, 0.1) is 6.10 Å². The fourth-order valence-electron chi connectivity index (χ4n) is 2.81. The lowest BCUT2D eigenvalue weighted by Crippen LogP contribution is -2.15. The molecule has 3 nitrogen and oxygen atoms in total. The van der Waals surface area contributed by atoms with Gasteiger partial charge in [-0.15, -0.1) is 0 Å². The number of allylic oxidation sites excluding steroid dienone is 2.